The molecule has 0 unspecified atom stereocenters. The van der Waals surface area contributed by atoms with Crippen molar-refractivity contribution in [3.63, 3.8) is 0 Å². The average molecular weight is 278 g/mol. The van der Waals surface area contributed by atoms with E-state index in [2.05, 4.69) is 34.2 Å². The third-order valence-electron chi connectivity index (χ3n) is 3.53. The Labute approximate surface area is 121 Å². The van der Waals surface area contributed by atoms with Crippen molar-refractivity contribution in [2.75, 3.05) is 0 Å². The molecule has 2 heterocycles. The van der Waals surface area contributed by atoms with E-state index in [0.717, 1.165) is 28.6 Å². The van der Waals surface area contributed by atoms with Gasteiger partial charge < -0.3 is 8.83 Å². The second-order valence-corrected chi connectivity index (χ2v) is 5.25. The van der Waals surface area contributed by atoms with Gasteiger partial charge in [0.25, 0.3) is 0 Å². The number of nitrogens with zero attached hydrogens (tertiary/aromatic N) is 2. The predicted octanol–water partition coefficient (Wildman–Crippen LogP) is 4.18. The van der Waals surface area contributed by atoms with Crippen LogP contribution in [0.3, 0.4) is 0 Å². The monoisotopic (exact) mass is 278 g/mol. The summed E-state index contributed by atoms with van der Waals surface area (Å²) in [6.07, 6.45) is 0.837. The Hall–Kier alpha value is -2.62. The highest BCUT2D eigenvalue weighted by Gasteiger charge is 2.06. The van der Waals surface area contributed by atoms with Crippen molar-refractivity contribution in [1.29, 1.82) is 0 Å². The van der Waals surface area contributed by atoms with Crippen LogP contribution >= 0.6 is 0 Å². The number of rotatable bonds is 2. The highest BCUT2D eigenvalue weighted by Crippen LogP contribution is 2.21. The van der Waals surface area contributed by atoms with Gasteiger partial charge in [0.15, 0.2) is 22.9 Å². The number of aromatic nitrogens is 2. The van der Waals surface area contributed by atoms with Crippen LogP contribution in [0.25, 0.3) is 22.2 Å². The molecule has 0 saturated heterocycles. The van der Waals surface area contributed by atoms with E-state index in [0.29, 0.717) is 11.8 Å². The summed E-state index contributed by atoms with van der Waals surface area (Å²) in [5, 5.41) is 0. The van der Waals surface area contributed by atoms with Gasteiger partial charge in [-0.3, -0.25) is 0 Å². The van der Waals surface area contributed by atoms with Gasteiger partial charge in [-0.15, -0.1) is 0 Å². The predicted molar refractivity (Wildman–Crippen MR) is 80.3 cm³/mol. The summed E-state index contributed by atoms with van der Waals surface area (Å²) in [5.41, 5.74) is 5.88. The molecule has 2 aromatic carbocycles. The minimum atomic E-state index is 0.696. The lowest BCUT2D eigenvalue weighted by atomic mass is 10.0. The van der Waals surface area contributed by atoms with Crippen molar-refractivity contribution in [2.24, 2.45) is 0 Å². The summed E-state index contributed by atoms with van der Waals surface area (Å²) < 4.78 is 11.0. The molecule has 0 amide bonds. The molecule has 21 heavy (non-hydrogen) atoms. The van der Waals surface area contributed by atoms with Crippen LogP contribution < -0.4 is 0 Å². The molecular formula is C17H14N2O2. The standard InChI is InChI=1S/C17H14N2O2/c1-10-18-14-8-12(3-5-16(14)20-10)7-13-4-6-17-15(9-13)19-11(2)21-17/h3-6,8-9H,7H2,1-2H3. The van der Waals surface area contributed by atoms with Crippen LogP contribution in [-0.4, -0.2) is 9.97 Å². The summed E-state index contributed by atoms with van der Waals surface area (Å²) in [7, 11) is 0. The third-order valence-corrected chi connectivity index (χ3v) is 3.53. The van der Waals surface area contributed by atoms with Crippen molar-refractivity contribution >= 4 is 22.2 Å². The third kappa shape index (κ3) is 2.18. The molecule has 0 aliphatic carbocycles. The smallest absolute Gasteiger partial charge is 0.192 e. The van der Waals surface area contributed by atoms with Gasteiger partial charge in [-0.1, -0.05) is 12.1 Å². The van der Waals surface area contributed by atoms with E-state index in [1.165, 1.54) is 11.1 Å². The van der Waals surface area contributed by atoms with E-state index in [1.807, 2.05) is 26.0 Å². The Morgan fingerprint density at radius 1 is 0.762 bits per heavy atom. The number of oxazole rings is 2. The molecule has 0 radical (unpaired) electrons. The van der Waals surface area contributed by atoms with E-state index in [9.17, 15) is 0 Å². The molecule has 104 valence electrons. The van der Waals surface area contributed by atoms with Gasteiger partial charge in [0.2, 0.25) is 0 Å². The first-order chi connectivity index (χ1) is 10.2. The maximum atomic E-state index is 5.50. The molecule has 0 atom stereocenters. The first-order valence-electron chi connectivity index (χ1n) is 6.89. The maximum absolute atomic E-state index is 5.50. The average Bonchev–Trinajstić information content (AvgIpc) is 2.98. The second-order valence-electron chi connectivity index (χ2n) is 5.25. The Kier molecular flexibility index (Phi) is 2.57. The van der Waals surface area contributed by atoms with Crippen LogP contribution in [0.2, 0.25) is 0 Å². The highest BCUT2D eigenvalue weighted by atomic mass is 16.3. The Bertz CT molecular complexity index is 872. The van der Waals surface area contributed by atoms with Crippen molar-refractivity contribution < 1.29 is 8.83 Å². The minimum absolute atomic E-state index is 0.696. The molecule has 4 aromatic rings. The van der Waals surface area contributed by atoms with Gasteiger partial charge in [-0.2, -0.15) is 0 Å². The number of hydrogen-bond acceptors (Lipinski definition) is 4. The van der Waals surface area contributed by atoms with Crippen LogP contribution in [0.1, 0.15) is 22.9 Å². The SMILES string of the molecule is Cc1nc2cc(Cc3ccc4oc(C)nc4c3)ccc2o1. The lowest BCUT2D eigenvalue weighted by molar-refractivity contribution is 0.560. The molecular weight excluding hydrogens is 264 g/mol. The molecule has 0 N–H and O–H groups in total. The quantitative estimate of drug-likeness (QED) is 0.552. The van der Waals surface area contributed by atoms with Gasteiger partial charge in [-0.25, -0.2) is 9.97 Å². The summed E-state index contributed by atoms with van der Waals surface area (Å²) in [4.78, 5) is 8.75. The second kappa shape index (κ2) is 4.45. The molecule has 2 aromatic heterocycles. The molecule has 4 nitrogen and oxygen atoms in total. The maximum Gasteiger partial charge on any atom is 0.192 e. The zero-order valence-corrected chi connectivity index (χ0v) is 11.9. The Morgan fingerprint density at radius 2 is 1.24 bits per heavy atom. The van der Waals surface area contributed by atoms with Crippen LogP contribution in [0.4, 0.5) is 0 Å². The van der Waals surface area contributed by atoms with Gasteiger partial charge in [0, 0.05) is 13.8 Å². The van der Waals surface area contributed by atoms with E-state index in [4.69, 9.17) is 8.83 Å². The fourth-order valence-electron chi connectivity index (χ4n) is 2.63. The largest absolute Gasteiger partial charge is 0.441 e. The van der Waals surface area contributed by atoms with Crippen molar-refractivity contribution in [3.05, 3.63) is 59.3 Å². The van der Waals surface area contributed by atoms with Gasteiger partial charge in [0.1, 0.15) is 11.0 Å². The zero-order chi connectivity index (χ0) is 14.4. The van der Waals surface area contributed by atoms with Gasteiger partial charge in [-0.05, 0) is 41.8 Å². The van der Waals surface area contributed by atoms with Crippen molar-refractivity contribution in [2.45, 2.75) is 20.3 Å². The lowest BCUT2D eigenvalue weighted by Gasteiger charge is -2.01. The molecule has 4 heteroatoms. The first-order valence-corrected chi connectivity index (χ1v) is 6.89. The van der Waals surface area contributed by atoms with Gasteiger partial charge >= 0.3 is 0 Å². The molecule has 0 fully saturated rings. The number of fused-ring (bicyclic) bond motifs is 2. The number of benzene rings is 2. The summed E-state index contributed by atoms with van der Waals surface area (Å²) in [5.74, 6) is 1.39. The van der Waals surface area contributed by atoms with Crippen molar-refractivity contribution in [3.8, 4) is 0 Å². The van der Waals surface area contributed by atoms with Gasteiger partial charge in [0.05, 0.1) is 0 Å². The number of aryl methyl sites for hydroxylation is 2. The first kappa shape index (κ1) is 12.1. The van der Waals surface area contributed by atoms with Crippen LogP contribution in [0.5, 0.6) is 0 Å². The summed E-state index contributed by atoms with van der Waals surface area (Å²) in [6.45, 7) is 3.72. The van der Waals surface area contributed by atoms with Crippen LogP contribution in [-0.2, 0) is 6.42 Å². The topological polar surface area (TPSA) is 52.1 Å². The minimum Gasteiger partial charge on any atom is -0.441 e. The highest BCUT2D eigenvalue weighted by molar-refractivity contribution is 5.75. The number of hydrogen-bond donors (Lipinski definition) is 0. The van der Waals surface area contributed by atoms with Crippen LogP contribution in [0, 0.1) is 13.8 Å². The molecule has 0 aliphatic heterocycles. The van der Waals surface area contributed by atoms with E-state index < -0.39 is 0 Å². The fraction of sp³-hybridized carbons (Fsp3) is 0.176. The summed E-state index contributed by atoms with van der Waals surface area (Å²) in [6, 6.07) is 12.2. The van der Waals surface area contributed by atoms with E-state index in [1.54, 1.807) is 0 Å². The normalized spacial score (nSPS) is 11.5. The lowest BCUT2D eigenvalue weighted by Crippen LogP contribution is -1.88. The summed E-state index contributed by atoms with van der Waals surface area (Å²) >= 11 is 0. The van der Waals surface area contributed by atoms with Crippen molar-refractivity contribution in [1.82, 2.24) is 9.97 Å². The van der Waals surface area contributed by atoms with Crippen LogP contribution in [0.15, 0.2) is 45.2 Å². The zero-order valence-electron chi connectivity index (χ0n) is 11.9. The Morgan fingerprint density at radius 3 is 1.71 bits per heavy atom. The van der Waals surface area contributed by atoms with E-state index >= 15 is 0 Å². The Balaban J connectivity index is 1.70. The fourth-order valence-corrected chi connectivity index (χ4v) is 2.63. The molecule has 4 rings (SSSR count). The molecule has 0 aliphatic rings. The van der Waals surface area contributed by atoms with E-state index in [-0.39, 0.29) is 0 Å². The molecule has 0 spiro atoms. The molecule has 0 saturated carbocycles. The molecule has 0 bridgehead atoms.